The number of phenolic OH excluding ortho intramolecular Hbond substituents is 1. The van der Waals surface area contributed by atoms with Gasteiger partial charge in [-0.25, -0.2) is 0 Å². The van der Waals surface area contributed by atoms with E-state index in [0.717, 1.165) is 0 Å². The number of para-hydroxylation sites is 1. The van der Waals surface area contributed by atoms with Crippen LogP contribution >= 0.6 is 11.8 Å². The minimum Gasteiger partial charge on any atom is -0.502 e. The number of aromatic hydroxyl groups is 1. The number of nitro benzene ring substituents is 1. The fraction of sp³-hybridized carbons (Fsp3) is 0.143. The summed E-state index contributed by atoms with van der Waals surface area (Å²) in [5.41, 5.74) is 1.18. The predicted molar refractivity (Wildman–Crippen MR) is 117 cm³/mol. The summed E-state index contributed by atoms with van der Waals surface area (Å²) in [4.78, 5) is 29.2. The van der Waals surface area contributed by atoms with Gasteiger partial charge < -0.3 is 9.84 Å². The van der Waals surface area contributed by atoms with Crippen LogP contribution in [0.15, 0.2) is 60.3 Å². The summed E-state index contributed by atoms with van der Waals surface area (Å²) in [7, 11) is 0. The van der Waals surface area contributed by atoms with Gasteiger partial charge in [0.1, 0.15) is 0 Å². The lowest BCUT2D eigenvalue weighted by Crippen LogP contribution is -2.36. The zero-order chi connectivity index (χ0) is 22.8. The molecule has 0 radical (unpaired) electrons. The summed E-state index contributed by atoms with van der Waals surface area (Å²) in [6, 6.07) is 10.8. The first kappa shape index (κ1) is 21.2. The third-order valence-electron chi connectivity index (χ3n) is 4.66. The highest BCUT2D eigenvalue weighted by atomic mass is 32.2. The lowest BCUT2D eigenvalue weighted by atomic mass is 10.1. The number of benzene rings is 2. The molecule has 1 aliphatic heterocycles. The SMILES string of the molecule is C=CCSc1nnc2c(n1)OC(c1ccc(O)c([N+](=O)[O-])c1)N(C(C)=O)c1ccccc1-2. The molecule has 1 aliphatic rings. The fourth-order valence-corrected chi connectivity index (χ4v) is 3.82. The number of anilines is 1. The first-order chi connectivity index (χ1) is 15.4. The second-order valence-corrected chi connectivity index (χ2v) is 7.72. The summed E-state index contributed by atoms with van der Waals surface area (Å²) in [6.07, 6.45) is 0.606. The molecule has 0 bridgehead atoms. The van der Waals surface area contributed by atoms with Crippen LogP contribution in [0.5, 0.6) is 11.6 Å². The van der Waals surface area contributed by atoms with Gasteiger partial charge in [0.15, 0.2) is 11.4 Å². The molecule has 0 saturated carbocycles. The minimum atomic E-state index is -1.09. The molecular formula is C21H17N5O5S. The van der Waals surface area contributed by atoms with Crippen LogP contribution in [0, 0.1) is 10.1 Å². The Hall–Kier alpha value is -3.99. The number of hydrogen-bond donors (Lipinski definition) is 1. The molecule has 0 fully saturated rings. The maximum Gasteiger partial charge on any atom is 0.311 e. The summed E-state index contributed by atoms with van der Waals surface area (Å²) in [6.45, 7) is 5.03. The van der Waals surface area contributed by atoms with Gasteiger partial charge >= 0.3 is 5.69 Å². The summed E-state index contributed by atoms with van der Waals surface area (Å²) in [5.74, 6) is -0.164. The number of rotatable bonds is 5. The average Bonchev–Trinajstić information content (AvgIpc) is 2.92. The molecule has 2 heterocycles. The van der Waals surface area contributed by atoms with E-state index in [1.165, 1.54) is 41.8 Å². The zero-order valence-electron chi connectivity index (χ0n) is 16.8. The second-order valence-electron chi connectivity index (χ2n) is 6.73. The van der Waals surface area contributed by atoms with E-state index in [-0.39, 0.29) is 17.4 Å². The molecule has 1 atom stereocenters. The zero-order valence-corrected chi connectivity index (χ0v) is 17.7. The molecule has 0 aliphatic carbocycles. The van der Waals surface area contributed by atoms with E-state index < -0.39 is 22.6 Å². The third kappa shape index (κ3) is 3.85. The molecule has 0 saturated heterocycles. The van der Waals surface area contributed by atoms with E-state index in [2.05, 4.69) is 21.8 Å². The molecule has 162 valence electrons. The Balaban J connectivity index is 1.93. The highest BCUT2D eigenvalue weighted by Gasteiger charge is 2.35. The van der Waals surface area contributed by atoms with Crippen LogP contribution in [0.25, 0.3) is 11.3 Å². The van der Waals surface area contributed by atoms with Gasteiger partial charge in [-0.2, -0.15) is 4.98 Å². The van der Waals surface area contributed by atoms with Crippen molar-refractivity contribution in [3.63, 3.8) is 0 Å². The molecule has 0 spiro atoms. The van der Waals surface area contributed by atoms with Crippen molar-refractivity contribution in [2.24, 2.45) is 0 Å². The van der Waals surface area contributed by atoms with Gasteiger partial charge in [-0.3, -0.25) is 19.8 Å². The monoisotopic (exact) mass is 451 g/mol. The first-order valence-corrected chi connectivity index (χ1v) is 10.4. The number of thioether (sulfide) groups is 1. The van der Waals surface area contributed by atoms with Crippen molar-refractivity contribution >= 4 is 29.0 Å². The Labute approximate surface area is 186 Å². The topological polar surface area (TPSA) is 132 Å². The Bertz CT molecular complexity index is 1230. The summed E-state index contributed by atoms with van der Waals surface area (Å²) in [5, 5.41) is 30.0. The van der Waals surface area contributed by atoms with Crippen molar-refractivity contribution in [1.29, 1.82) is 0 Å². The van der Waals surface area contributed by atoms with E-state index in [4.69, 9.17) is 4.74 Å². The van der Waals surface area contributed by atoms with Crippen LogP contribution in [-0.4, -0.2) is 36.9 Å². The molecule has 1 amide bonds. The molecule has 10 nitrogen and oxygen atoms in total. The number of aromatic nitrogens is 3. The Morgan fingerprint density at radius 3 is 2.84 bits per heavy atom. The van der Waals surface area contributed by atoms with Crippen LogP contribution in [0.3, 0.4) is 0 Å². The van der Waals surface area contributed by atoms with E-state index in [9.17, 15) is 20.0 Å². The van der Waals surface area contributed by atoms with Crippen molar-refractivity contribution in [2.45, 2.75) is 18.3 Å². The van der Waals surface area contributed by atoms with Crippen LogP contribution in [0.2, 0.25) is 0 Å². The number of amides is 1. The number of hydrogen-bond acceptors (Lipinski definition) is 9. The van der Waals surface area contributed by atoms with Crippen LogP contribution in [0.1, 0.15) is 18.7 Å². The molecule has 2 aromatic carbocycles. The molecule has 32 heavy (non-hydrogen) atoms. The number of fused-ring (bicyclic) bond motifs is 3. The van der Waals surface area contributed by atoms with Crippen LogP contribution in [-0.2, 0) is 4.79 Å². The van der Waals surface area contributed by atoms with Crippen LogP contribution < -0.4 is 9.64 Å². The number of ether oxygens (including phenoxy) is 1. The average molecular weight is 451 g/mol. The van der Waals surface area contributed by atoms with Gasteiger partial charge in [-0.1, -0.05) is 36.0 Å². The van der Waals surface area contributed by atoms with Gasteiger partial charge in [-0.05, 0) is 18.2 Å². The maximum atomic E-state index is 12.7. The number of nitro groups is 1. The van der Waals surface area contributed by atoms with Gasteiger partial charge in [0.25, 0.3) is 0 Å². The van der Waals surface area contributed by atoms with Crippen molar-refractivity contribution < 1.29 is 19.6 Å². The minimum absolute atomic E-state index is 0.128. The van der Waals surface area contributed by atoms with Crippen LogP contribution in [0.4, 0.5) is 11.4 Å². The van der Waals surface area contributed by atoms with Crippen molar-refractivity contribution in [1.82, 2.24) is 15.2 Å². The fourth-order valence-electron chi connectivity index (χ4n) is 3.30. The van der Waals surface area contributed by atoms with Crippen molar-refractivity contribution in [3.05, 3.63) is 70.8 Å². The largest absolute Gasteiger partial charge is 0.502 e. The molecule has 3 aromatic rings. The lowest BCUT2D eigenvalue weighted by Gasteiger charge is -2.29. The standard InChI is InChI=1S/C21H17N5O5S/c1-3-10-32-21-22-19-18(23-24-21)14-6-4-5-7-15(14)25(12(2)27)20(31-19)13-8-9-17(28)16(11-13)26(29)30/h3-9,11,20,28H,1,10H2,2H3. The highest BCUT2D eigenvalue weighted by molar-refractivity contribution is 7.99. The summed E-state index contributed by atoms with van der Waals surface area (Å²) >= 11 is 1.31. The van der Waals surface area contributed by atoms with E-state index in [0.29, 0.717) is 27.9 Å². The molecule has 1 unspecified atom stereocenters. The molecule has 4 rings (SSSR count). The molecular weight excluding hydrogens is 434 g/mol. The van der Waals surface area contributed by atoms with Gasteiger partial charge in [0, 0.05) is 29.9 Å². The quantitative estimate of drug-likeness (QED) is 0.266. The predicted octanol–water partition coefficient (Wildman–Crippen LogP) is 3.87. The lowest BCUT2D eigenvalue weighted by molar-refractivity contribution is -0.386. The van der Waals surface area contributed by atoms with Crippen molar-refractivity contribution in [3.8, 4) is 22.9 Å². The molecule has 1 N–H and O–H groups in total. The highest BCUT2D eigenvalue weighted by Crippen LogP contribution is 2.44. The molecule has 11 heteroatoms. The Morgan fingerprint density at radius 1 is 1.34 bits per heavy atom. The smallest absolute Gasteiger partial charge is 0.311 e. The Morgan fingerprint density at radius 2 is 2.12 bits per heavy atom. The number of carbonyl (C=O) groups is 1. The van der Waals surface area contributed by atoms with Gasteiger partial charge in [0.2, 0.25) is 23.2 Å². The second kappa shape index (κ2) is 8.63. The molecule has 1 aromatic heterocycles. The van der Waals surface area contributed by atoms with E-state index in [1.807, 2.05) is 0 Å². The number of phenols is 1. The third-order valence-corrected chi connectivity index (χ3v) is 5.50. The first-order valence-electron chi connectivity index (χ1n) is 9.42. The number of carbonyl (C=O) groups excluding carboxylic acids is 1. The van der Waals surface area contributed by atoms with Gasteiger partial charge in [0.05, 0.1) is 10.6 Å². The maximum absolute atomic E-state index is 12.7. The summed E-state index contributed by atoms with van der Waals surface area (Å²) < 4.78 is 6.14. The van der Waals surface area contributed by atoms with Crippen molar-refractivity contribution in [2.75, 3.05) is 10.7 Å². The van der Waals surface area contributed by atoms with E-state index >= 15 is 0 Å². The number of nitrogens with zero attached hydrogens (tertiary/aromatic N) is 5. The Kier molecular flexibility index (Phi) is 5.73. The van der Waals surface area contributed by atoms with Gasteiger partial charge in [-0.15, -0.1) is 16.8 Å². The normalized spacial score (nSPS) is 14.5. The van der Waals surface area contributed by atoms with E-state index in [1.54, 1.807) is 30.3 Å².